The van der Waals surface area contributed by atoms with Gasteiger partial charge in [0.2, 0.25) is 0 Å². The molecule has 2 aromatic rings. The van der Waals surface area contributed by atoms with Gasteiger partial charge in [0.1, 0.15) is 11.5 Å². The summed E-state index contributed by atoms with van der Waals surface area (Å²) in [6.45, 7) is 5.60. The molecule has 0 bridgehead atoms. The standard InChI is InChI=1S/C18H20N2O3/c1-12-8-13(2)10-16(9-12)23-14(3)18(22)20-19-11-15-6-4-5-7-17(15)21/h4-11,14,21H,1-3H3,(H,20,22)/t14-/m0/s1. The molecule has 120 valence electrons. The highest BCUT2D eigenvalue weighted by atomic mass is 16.5. The number of aromatic hydroxyl groups is 1. The molecule has 1 atom stereocenters. The lowest BCUT2D eigenvalue weighted by Crippen LogP contribution is -2.33. The predicted molar refractivity (Wildman–Crippen MR) is 89.8 cm³/mol. The van der Waals surface area contributed by atoms with Crippen LogP contribution in [-0.4, -0.2) is 23.3 Å². The van der Waals surface area contributed by atoms with E-state index in [1.165, 1.54) is 6.21 Å². The summed E-state index contributed by atoms with van der Waals surface area (Å²) in [5, 5.41) is 13.4. The Morgan fingerprint density at radius 1 is 1.22 bits per heavy atom. The minimum absolute atomic E-state index is 0.102. The summed E-state index contributed by atoms with van der Waals surface area (Å²) in [6, 6.07) is 12.5. The van der Waals surface area contributed by atoms with Crippen molar-refractivity contribution < 1.29 is 14.6 Å². The topological polar surface area (TPSA) is 70.9 Å². The number of hydrogen-bond acceptors (Lipinski definition) is 4. The van der Waals surface area contributed by atoms with Crippen molar-refractivity contribution in [3.05, 3.63) is 59.2 Å². The molecule has 0 saturated heterocycles. The highest BCUT2D eigenvalue weighted by molar-refractivity contribution is 5.86. The zero-order chi connectivity index (χ0) is 16.8. The van der Waals surface area contributed by atoms with Gasteiger partial charge in [-0.2, -0.15) is 5.10 Å². The van der Waals surface area contributed by atoms with Gasteiger partial charge in [0.15, 0.2) is 6.10 Å². The molecule has 0 aromatic heterocycles. The van der Waals surface area contributed by atoms with E-state index in [0.717, 1.165) is 11.1 Å². The van der Waals surface area contributed by atoms with Gasteiger partial charge in [-0.1, -0.05) is 18.2 Å². The highest BCUT2D eigenvalue weighted by Crippen LogP contribution is 2.17. The molecular weight excluding hydrogens is 292 g/mol. The number of carbonyl (C=O) groups is 1. The average molecular weight is 312 g/mol. The Kier molecular flexibility index (Phi) is 5.36. The molecule has 2 rings (SSSR count). The van der Waals surface area contributed by atoms with Gasteiger partial charge in [-0.05, 0) is 56.2 Å². The predicted octanol–water partition coefficient (Wildman–Crippen LogP) is 2.93. The average Bonchev–Trinajstić information content (AvgIpc) is 2.48. The summed E-state index contributed by atoms with van der Waals surface area (Å²) in [6.07, 6.45) is 0.703. The maximum absolute atomic E-state index is 12.0. The van der Waals surface area contributed by atoms with Gasteiger partial charge in [0.05, 0.1) is 6.21 Å². The van der Waals surface area contributed by atoms with E-state index in [-0.39, 0.29) is 11.7 Å². The first-order valence-corrected chi connectivity index (χ1v) is 7.31. The van der Waals surface area contributed by atoms with Crippen molar-refractivity contribution in [2.24, 2.45) is 5.10 Å². The summed E-state index contributed by atoms with van der Waals surface area (Å²) < 4.78 is 5.63. The van der Waals surface area contributed by atoms with Crippen molar-refractivity contribution in [1.82, 2.24) is 5.43 Å². The number of nitrogens with one attached hydrogen (secondary N) is 1. The number of hydrazone groups is 1. The summed E-state index contributed by atoms with van der Waals surface area (Å²) in [5.74, 6) is 0.385. The van der Waals surface area contributed by atoms with Crippen LogP contribution in [0.5, 0.6) is 11.5 Å². The number of rotatable bonds is 5. The third-order valence-electron chi connectivity index (χ3n) is 3.19. The number of hydrogen-bond donors (Lipinski definition) is 2. The van der Waals surface area contributed by atoms with Crippen LogP contribution < -0.4 is 10.2 Å². The third-order valence-corrected chi connectivity index (χ3v) is 3.19. The molecule has 23 heavy (non-hydrogen) atoms. The number of carbonyl (C=O) groups excluding carboxylic acids is 1. The van der Waals surface area contributed by atoms with Crippen LogP contribution in [-0.2, 0) is 4.79 Å². The molecule has 0 aliphatic heterocycles. The van der Waals surface area contributed by atoms with Crippen LogP contribution in [0.4, 0.5) is 0 Å². The molecule has 2 aromatic carbocycles. The SMILES string of the molecule is Cc1cc(C)cc(O[C@@H](C)C(=O)NN=Cc2ccccc2O)c1. The molecule has 0 fully saturated rings. The molecular formula is C18H20N2O3. The monoisotopic (exact) mass is 312 g/mol. The van der Waals surface area contributed by atoms with Crippen molar-refractivity contribution in [3.8, 4) is 11.5 Å². The molecule has 5 heteroatoms. The van der Waals surface area contributed by atoms with Crippen LogP contribution in [0.15, 0.2) is 47.6 Å². The van der Waals surface area contributed by atoms with Crippen LogP contribution in [0.25, 0.3) is 0 Å². The maximum atomic E-state index is 12.0. The Morgan fingerprint density at radius 3 is 2.52 bits per heavy atom. The number of para-hydroxylation sites is 1. The van der Waals surface area contributed by atoms with E-state index in [0.29, 0.717) is 11.3 Å². The Morgan fingerprint density at radius 2 is 1.87 bits per heavy atom. The number of benzene rings is 2. The number of amides is 1. The maximum Gasteiger partial charge on any atom is 0.280 e. The van der Waals surface area contributed by atoms with Crippen molar-refractivity contribution in [2.75, 3.05) is 0 Å². The van der Waals surface area contributed by atoms with Crippen molar-refractivity contribution in [2.45, 2.75) is 26.9 Å². The van der Waals surface area contributed by atoms with E-state index >= 15 is 0 Å². The van der Waals surface area contributed by atoms with Crippen LogP contribution in [0.3, 0.4) is 0 Å². The van der Waals surface area contributed by atoms with E-state index in [1.807, 2.05) is 32.0 Å². The first kappa shape index (κ1) is 16.5. The number of nitrogens with zero attached hydrogens (tertiary/aromatic N) is 1. The van der Waals surface area contributed by atoms with Crippen LogP contribution >= 0.6 is 0 Å². The van der Waals surface area contributed by atoms with E-state index < -0.39 is 6.10 Å². The minimum Gasteiger partial charge on any atom is -0.507 e. The van der Waals surface area contributed by atoms with Crippen LogP contribution in [0.1, 0.15) is 23.6 Å². The van der Waals surface area contributed by atoms with Crippen molar-refractivity contribution >= 4 is 12.1 Å². The summed E-state index contributed by atoms with van der Waals surface area (Å²) in [5.41, 5.74) is 5.07. The molecule has 0 spiro atoms. The second-order valence-corrected chi connectivity index (χ2v) is 5.38. The zero-order valence-corrected chi connectivity index (χ0v) is 13.4. The van der Waals surface area contributed by atoms with Gasteiger partial charge in [-0.25, -0.2) is 5.43 Å². The summed E-state index contributed by atoms with van der Waals surface area (Å²) in [4.78, 5) is 12.0. The van der Waals surface area contributed by atoms with Crippen molar-refractivity contribution in [1.29, 1.82) is 0 Å². The van der Waals surface area contributed by atoms with E-state index in [4.69, 9.17) is 4.74 Å². The van der Waals surface area contributed by atoms with E-state index in [2.05, 4.69) is 10.5 Å². The first-order chi connectivity index (χ1) is 11.0. The third kappa shape index (κ3) is 4.85. The molecule has 0 radical (unpaired) electrons. The smallest absolute Gasteiger partial charge is 0.280 e. The number of phenols is 1. The quantitative estimate of drug-likeness (QED) is 0.659. The molecule has 5 nitrogen and oxygen atoms in total. The lowest BCUT2D eigenvalue weighted by molar-refractivity contribution is -0.127. The number of aryl methyl sites for hydroxylation is 2. The fourth-order valence-corrected chi connectivity index (χ4v) is 2.11. The van der Waals surface area contributed by atoms with Gasteiger partial charge in [0.25, 0.3) is 5.91 Å². The summed E-state index contributed by atoms with van der Waals surface area (Å²) in [7, 11) is 0. The van der Waals surface area contributed by atoms with Crippen molar-refractivity contribution in [3.63, 3.8) is 0 Å². The second-order valence-electron chi connectivity index (χ2n) is 5.38. The molecule has 0 aliphatic carbocycles. The lowest BCUT2D eigenvalue weighted by Gasteiger charge is -2.14. The minimum atomic E-state index is -0.683. The zero-order valence-electron chi connectivity index (χ0n) is 13.4. The van der Waals surface area contributed by atoms with Gasteiger partial charge in [-0.15, -0.1) is 0 Å². The highest BCUT2D eigenvalue weighted by Gasteiger charge is 2.14. The molecule has 2 N–H and O–H groups in total. The molecule has 0 aliphatic rings. The lowest BCUT2D eigenvalue weighted by atomic mass is 10.1. The molecule has 0 unspecified atom stereocenters. The molecule has 0 saturated carbocycles. The Labute approximate surface area is 135 Å². The fraction of sp³-hybridized carbons (Fsp3) is 0.222. The van der Waals surface area contributed by atoms with Gasteiger partial charge < -0.3 is 9.84 Å². The molecule has 1 amide bonds. The number of phenolic OH excluding ortho intramolecular Hbond substituents is 1. The van der Waals surface area contributed by atoms with Gasteiger partial charge >= 0.3 is 0 Å². The first-order valence-electron chi connectivity index (χ1n) is 7.31. The normalized spacial score (nSPS) is 12.1. The second kappa shape index (κ2) is 7.45. The van der Waals surface area contributed by atoms with Gasteiger partial charge in [0, 0.05) is 5.56 Å². The Balaban J connectivity index is 1.93. The Hall–Kier alpha value is -2.82. The Bertz CT molecular complexity index is 706. The fourth-order valence-electron chi connectivity index (χ4n) is 2.11. The van der Waals surface area contributed by atoms with E-state index in [9.17, 15) is 9.90 Å². The van der Waals surface area contributed by atoms with Crippen LogP contribution in [0, 0.1) is 13.8 Å². The number of ether oxygens (including phenoxy) is 1. The van der Waals surface area contributed by atoms with E-state index in [1.54, 1.807) is 31.2 Å². The van der Waals surface area contributed by atoms with Gasteiger partial charge in [-0.3, -0.25) is 4.79 Å². The van der Waals surface area contributed by atoms with Crippen LogP contribution in [0.2, 0.25) is 0 Å². The summed E-state index contributed by atoms with van der Waals surface area (Å²) >= 11 is 0. The molecule has 0 heterocycles. The largest absolute Gasteiger partial charge is 0.507 e.